The van der Waals surface area contributed by atoms with Gasteiger partial charge in [0.1, 0.15) is 11.8 Å². The summed E-state index contributed by atoms with van der Waals surface area (Å²) >= 11 is 6.21. The minimum absolute atomic E-state index is 0.0826. The molecule has 2 aromatic carbocycles. The molecule has 0 aliphatic heterocycles. The Labute approximate surface area is 226 Å². The molecule has 0 saturated carbocycles. The van der Waals surface area contributed by atoms with Gasteiger partial charge < -0.3 is 15.0 Å². The van der Waals surface area contributed by atoms with Crippen LogP contribution in [0.4, 0.5) is 5.69 Å². The van der Waals surface area contributed by atoms with Crippen LogP contribution in [0.1, 0.15) is 50.7 Å². The number of nitrogens with zero attached hydrogens (tertiary/aromatic N) is 2. The number of nitrogens with one attached hydrogen (secondary N) is 1. The molecular formula is C27H38ClN3O5S. The fraction of sp³-hybridized carbons (Fsp3) is 0.481. The number of sulfonamides is 1. The Hall–Kier alpha value is -2.78. The Morgan fingerprint density at radius 3 is 2.43 bits per heavy atom. The summed E-state index contributed by atoms with van der Waals surface area (Å²) in [5.74, 6) is 0.0463. The second kappa shape index (κ2) is 14.2. The smallest absolute Gasteiger partial charge is 0.242 e. The van der Waals surface area contributed by atoms with Gasteiger partial charge in [-0.05, 0) is 49.9 Å². The molecule has 204 valence electrons. The molecule has 0 bridgehead atoms. The fourth-order valence-corrected chi connectivity index (χ4v) is 5.32. The summed E-state index contributed by atoms with van der Waals surface area (Å²) in [6.45, 7) is 6.75. The first kappa shape index (κ1) is 30.4. The summed E-state index contributed by atoms with van der Waals surface area (Å²) in [5.41, 5.74) is 2.39. The number of benzene rings is 2. The number of aryl methyl sites for hydroxylation is 1. The quantitative estimate of drug-likeness (QED) is 0.372. The third kappa shape index (κ3) is 8.93. The maximum atomic E-state index is 13.5. The highest BCUT2D eigenvalue weighted by atomic mass is 35.5. The zero-order valence-corrected chi connectivity index (χ0v) is 23.9. The van der Waals surface area contributed by atoms with Crippen molar-refractivity contribution in [2.24, 2.45) is 0 Å². The van der Waals surface area contributed by atoms with E-state index in [9.17, 15) is 18.0 Å². The Balaban J connectivity index is 2.22. The van der Waals surface area contributed by atoms with Crippen molar-refractivity contribution in [3.05, 3.63) is 58.6 Å². The van der Waals surface area contributed by atoms with Crippen LogP contribution in [0.3, 0.4) is 0 Å². The Morgan fingerprint density at radius 1 is 1.14 bits per heavy atom. The summed E-state index contributed by atoms with van der Waals surface area (Å²) in [6, 6.07) is 12.0. The van der Waals surface area contributed by atoms with Crippen molar-refractivity contribution < 1.29 is 22.7 Å². The molecular weight excluding hydrogens is 514 g/mol. The molecule has 1 N–H and O–H groups in total. The number of rotatable bonds is 14. The average molecular weight is 552 g/mol. The number of carbonyl (C=O) groups is 2. The molecule has 0 unspecified atom stereocenters. The largest absolute Gasteiger partial charge is 0.495 e. The second-order valence-electron chi connectivity index (χ2n) is 8.98. The van der Waals surface area contributed by atoms with Gasteiger partial charge >= 0.3 is 0 Å². The molecule has 0 aromatic heterocycles. The Bertz CT molecular complexity index is 1170. The molecule has 0 aliphatic rings. The van der Waals surface area contributed by atoms with Crippen LogP contribution in [0.15, 0.2) is 42.5 Å². The minimum Gasteiger partial charge on any atom is -0.495 e. The molecule has 0 spiro atoms. The van der Waals surface area contributed by atoms with E-state index in [4.69, 9.17) is 16.3 Å². The van der Waals surface area contributed by atoms with Crippen LogP contribution in [-0.4, -0.2) is 57.6 Å². The third-order valence-corrected chi connectivity index (χ3v) is 7.44. The van der Waals surface area contributed by atoms with E-state index >= 15 is 0 Å². The lowest BCUT2D eigenvalue weighted by molar-refractivity contribution is -0.141. The Morgan fingerprint density at radius 2 is 1.86 bits per heavy atom. The van der Waals surface area contributed by atoms with E-state index in [2.05, 4.69) is 5.32 Å². The van der Waals surface area contributed by atoms with Gasteiger partial charge in [0.05, 0.1) is 24.1 Å². The predicted molar refractivity (Wildman–Crippen MR) is 149 cm³/mol. The van der Waals surface area contributed by atoms with E-state index in [0.717, 1.165) is 23.8 Å². The monoisotopic (exact) mass is 551 g/mol. The maximum Gasteiger partial charge on any atom is 0.242 e. The highest BCUT2D eigenvalue weighted by molar-refractivity contribution is 7.92. The molecule has 0 saturated heterocycles. The van der Waals surface area contributed by atoms with Gasteiger partial charge in [-0.15, -0.1) is 0 Å². The highest BCUT2D eigenvalue weighted by Crippen LogP contribution is 2.30. The number of ether oxygens (including phenoxy) is 1. The number of anilines is 1. The van der Waals surface area contributed by atoms with Gasteiger partial charge in [0.2, 0.25) is 21.8 Å². The molecule has 2 aromatic rings. The topological polar surface area (TPSA) is 96.0 Å². The number of halogens is 1. The van der Waals surface area contributed by atoms with Crippen LogP contribution in [-0.2, 0) is 26.2 Å². The van der Waals surface area contributed by atoms with E-state index in [0.29, 0.717) is 30.9 Å². The number of amides is 2. The van der Waals surface area contributed by atoms with Crippen molar-refractivity contribution >= 4 is 39.1 Å². The Kier molecular flexibility index (Phi) is 11.7. The van der Waals surface area contributed by atoms with E-state index in [1.54, 1.807) is 17.0 Å². The molecule has 2 amide bonds. The molecule has 8 nitrogen and oxygen atoms in total. The molecule has 1 atom stereocenters. The number of hydrogen-bond donors (Lipinski definition) is 1. The lowest BCUT2D eigenvalue weighted by Crippen LogP contribution is -2.49. The van der Waals surface area contributed by atoms with Crippen LogP contribution in [0.2, 0.25) is 5.02 Å². The standard InChI is InChI=1S/C27H38ClN3O5S/c1-6-15-29-27(33)24(7-2)30(19-21-11-8-10-20(3)17-21)26(32)12-9-16-31(37(5,34)35)22-13-14-25(36-4)23(28)18-22/h8,10-11,13-14,17-18,24H,6-7,9,12,15-16,19H2,1-5H3,(H,29,33)/t24-/m0/s1. The summed E-state index contributed by atoms with van der Waals surface area (Å²) in [7, 11) is -2.14. The van der Waals surface area contributed by atoms with Gasteiger partial charge in [0.15, 0.2) is 0 Å². The van der Waals surface area contributed by atoms with Crippen LogP contribution < -0.4 is 14.4 Å². The van der Waals surface area contributed by atoms with Gasteiger partial charge in [-0.25, -0.2) is 8.42 Å². The van der Waals surface area contributed by atoms with Gasteiger partial charge in [-0.2, -0.15) is 0 Å². The van der Waals surface area contributed by atoms with Gasteiger partial charge in [-0.3, -0.25) is 13.9 Å². The van der Waals surface area contributed by atoms with E-state index in [1.807, 2.05) is 45.0 Å². The van der Waals surface area contributed by atoms with Crippen molar-refractivity contribution in [2.75, 3.05) is 30.8 Å². The summed E-state index contributed by atoms with van der Waals surface area (Å²) in [4.78, 5) is 28.0. The van der Waals surface area contributed by atoms with Gasteiger partial charge in [0.25, 0.3) is 0 Å². The molecule has 0 fully saturated rings. The predicted octanol–water partition coefficient (Wildman–Crippen LogP) is 4.54. The van der Waals surface area contributed by atoms with Crippen molar-refractivity contribution in [2.45, 2.75) is 59.0 Å². The number of methoxy groups -OCH3 is 1. The maximum absolute atomic E-state index is 13.5. The minimum atomic E-state index is -3.63. The van der Waals surface area contributed by atoms with E-state index in [1.165, 1.54) is 17.5 Å². The van der Waals surface area contributed by atoms with Crippen LogP contribution >= 0.6 is 11.6 Å². The van der Waals surface area contributed by atoms with Crippen molar-refractivity contribution in [1.29, 1.82) is 0 Å². The SMILES string of the molecule is CCCNC(=O)[C@H](CC)N(Cc1cccc(C)c1)C(=O)CCCN(c1ccc(OC)c(Cl)c1)S(C)(=O)=O. The molecule has 0 aliphatic carbocycles. The molecule has 0 heterocycles. The zero-order chi connectivity index (χ0) is 27.6. The second-order valence-corrected chi connectivity index (χ2v) is 11.3. The average Bonchev–Trinajstić information content (AvgIpc) is 2.84. The van der Waals surface area contributed by atoms with Crippen molar-refractivity contribution in [3.63, 3.8) is 0 Å². The molecule has 0 radical (unpaired) electrons. The number of carbonyl (C=O) groups excluding carboxylic acids is 2. The fourth-order valence-electron chi connectivity index (χ4n) is 4.11. The first-order valence-corrected chi connectivity index (χ1v) is 14.7. The third-order valence-electron chi connectivity index (χ3n) is 5.95. The summed E-state index contributed by atoms with van der Waals surface area (Å²) in [5, 5.41) is 3.19. The normalized spacial score (nSPS) is 12.1. The first-order valence-electron chi connectivity index (χ1n) is 12.5. The summed E-state index contributed by atoms with van der Waals surface area (Å²) < 4.78 is 31.4. The van der Waals surface area contributed by atoms with Crippen LogP contribution in [0, 0.1) is 6.92 Å². The van der Waals surface area contributed by atoms with Crippen molar-refractivity contribution in [1.82, 2.24) is 10.2 Å². The lowest BCUT2D eigenvalue weighted by Gasteiger charge is -2.31. The van der Waals surface area contributed by atoms with Gasteiger partial charge in [-0.1, -0.05) is 55.3 Å². The summed E-state index contributed by atoms with van der Waals surface area (Å²) in [6.07, 6.45) is 2.73. The number of hydrogen-bond acceptors (Lipinski definition) is 5. The van der Waals surface area contributed by atoms with E-state index in [-0.39, 0.29) is 36.2 Å². The van der Waals surface area contributed by atoms with Crippen molar-refractivity contribution in [3.8, 4) is 5.75 Å². The lowest BCUT2D eigenvalue weighted by atomic mass is 10.1. The molecule has 10 heteroatoms. The van der Waals surface area contributed by atoms with Crippen LogP contribution in [0.25, 0.3) is 0 Å². The van der Waals surface area contributed by atoms with E-state index < -0.39 is 16.1 Å². The van der Waals surface area contributed by atoms with Gasteiger partial charge in [0, 0.05) is 26.1 Å². The van der Waals surface area contributed by atoms with Crippen LogP contribution in [0.5, 0.6) is 5.75 Å². The molecule has 2 rings (SSSR count). The zero-order valence-electron chi connectivity index (χ0n) is 22.3. The highest BCUT2D eigenvalue weighted by Gasteiger charge is 2.28. The molecule has 37 heavy (non-hydrogen) atoms. The first-order chi connectivity index (χ1) is 17.5.